The Kier molecular flexibility index (Phi) is 7.49. The van der Waals surface area contributed by atoms with Gasteiger partial charge < -0.3 is 4.90 Å². The number of anilines is 3. The summed E-state index contributed by atoms with van der Waals surface area (Å²) in [7, 11) is 0. The molecule has 0 amide bonds. The van der Waals surface area contributed by atoms with E-state index in [1.807, 2.05) is 0 Å². The van der Waals surface area contributed by atoms with Gasteiger partial charge in [-0.1, -0.05) is 164 Å². The lowest BCUT2D eigenvalue weighted by atomic mass is 9.88. The highest BCUT2D eigenvalue weighted by atomic mass is 15.1. The Balaban J connectivity index is 1.19. The van der Waals surface area contributed by atoms with E-state index in [1.165, 1.54) is 48.8 Å². The van der Waals surface area contributed by atoms with Crippen LogP contribution >= 0.6 is 0 Å². The highest BCUT2D eigenvalue weighted by molar-refractivity contribution is 6.26. The fourth-order valence-electron chi connectivity index (χ4n) is 8.76. The maximum absolute atomic E-state index is 5.69. The molecule has 10 aromatic carbocycles. The van der Waals surface area contributed by atoms with Crippen LogP contribution in [-0.4, -0.2) is 9.55 Å². The average Bonchev–Trinajstić information content (AvgIpc) is 3.68. The van der Waals surface area contributed by atoms with Gasteiger partial charge in [-0.25, -0.2) is 4.98 Å². The Labute approximate surface area is 325 Å². The van der Waals surface area contributed by atoms with Gasteiger partial charge in [0.25, 0.3) is 0 Å². The SMILES string of the molecule is c1ccc(N(c2ccccc2)c2ccc(-c3c4ccccc4c(-c4nc5c6ccccc6c6ccccc6c5n4-c4ccccc4)c4ccccc34)cc2)cc1. The summed E-state index contributed by atoms with van der Waals surface area (Å²) in [6.45, 7) is 0. The predicted molar refractivity (Wildman–Crippen MR) is 237 cm³/mol. The van der Waals surface area contributed by atoms with Gasteiger partial charge in [-0.15, -0.1) is 0 Å². The first-order valence-corrected chi connectivity index (χ1v) is 19.2. The molecule has 1 heterocycles. The molecule has 0 bridgehead atoms. The topological polar surface area (TPSA) is 21.1 Å². The average molecular weight is 714 g/mol. The molecule has 0 saturated heterocycles. The summed E-state index contributed by atoms with van der Waals surface area (Å²) < 4.78 is 2.40. The quantitative estimate of drug-likeness (QED) is 0.126. The normalized spacial score (nSPS) is 11.6. The van der Waals surface area contributed by atoms with Crippen molar-refractivity contribution in [1.82, 2.24) is 9.55 Å². The Morgan fingerprint density at radius 1 is 0.321 bits per heavy atom. The van der Waals surface area contributed by atoms with Crippen LogP contribution in [0.3, 0.4) is 0 Å². The fourth-order valence-corrected chi connectivity index (χ4v) is 8.76. The van der Waals surface area contributed by atoms with Crippen LogP contribution in [0.25, 0.3) is 82.3 Å². The zero-order valence-corrected chi connectivity index (χ0v) is 30.5. The molecular weight excluding hydrogens is 679 g/mol. The van der Waals surface area contributed by atoms with Gasteiger partial charge in [0, 0.05) is 39.1 Å². The largest absolute Gasteiger partial charge is 0.311 e. The number of hydrogen-bond acceptors (Lipinski definition) is 2. The van der Waals surface area contributed by atoms with Crippen LogP contribution in [0.15, 0.2) is 212 Å². The van der Waals surface area contributed by atoms with Gasteiger partial charge in [0.15, 0.2) is 0 Å². The summed E-state index contributed by atoms with van der Waals surface area (Å²) in [4.78, 5) is 8.00. The van der Waals surface area contributed by atoms with E-state index in [0.29, 0.717) is 0 Å². The van der Waals surface area contributed by atoms with E-state index < -0.39 is 0 Å². The standard InChI is InChI=1S/C53H35N3/c1-4-18-37(19-5-1)55(38-20-6-2-7-21-38)40-34-32-36(33-35-40)49-43-26-12-14-28-45(43)50(46-29-15-13-27-44(46)49)53-54-51-47-30-16-10-24-41(47)42-25-11-17-31-48(42)52(51)56(53)39-22-8-3-9-23-39/h1-35H. The minimum atomic E-state index is 0.934. The Morgan fingerprint density at radius 3 is 1.25 bits per heavy atom. The first-order valence-electron chi connectivity index (χ1n) is 19.2. The first-order chi connectivity index (χ1) is 27.8. The van der Waals surface area contributed by atoms with Crippen LogP contribution in [0.2, 0.25) is 0 Å². The summed E-state index contributed by atoms with van der Waals surface area (Å²) in [5, 5.41) is 9.51. The Morgan fingerprint density at radius 2 is 0.714 bits per heavy atom. The number of benzene rings is 10. The number of hydrogen-bond donors (Lipinski definition) is 0. The van der Waals surface area contributed by atoms with E-state index in [0.717, 1.165) is 50.6 Å². The lowest BCUT2D eigenvalue weighted by molar-refractivity contribution is 1.11. The van der Waals surface area contributed by atoms with Crippen molar-refractivity contribution in [2.75, 3.05) is 4.90 Å². The number of aromatic nitrogens is 2. The molecule has 0 spiro atoms. The molecule has 0 aliphatic carbocycles. The Bertz CT molecular complexity index is 3130. The lowest BCUT2D eigenvalue weighted by Gasteiger charge is -2.25. The summed E-state index contributed by atoms with van der Waals surface area (Å²) in [6, 6.07) is 76.1. The molecule has 56 heavy (non-hydrogen) atoms. The molecule has 0 aliphatic heterocycles. The van der Waals surface area contributed by atoms with E-state index in [-0.39, 0.29) is 0 Å². The number of para-hydroxylation sites is 3. The van der Waals surface area contributed by atoms with Crippen molar-refractivity contribution in [3.05, 3.63) is 212 Å². The number of fused-ring (bicyclic) bond motifs is 8. The second-order valence-electron chi connectivity index (χ2n) is 14.3. The van der Waals surface area contributed by atoms with Crippen molar-refractivity contribution in [2.24, 2.45) is 0 Å². The van der Waals surface area contributed by atoms with Crippen LogP contribution in [-0.2, 0) is 0 Å². The second kappa shape index (κ2) is 13.1. The summed E-state index contributed by atoms with van der Waals surface area (Å²) in [5.74, 6) is 0.934. The molecule has 0 fully saturated rings. The van der Waals surface area contributed by atoms with Crippen LogP contribution < -0.4 is 4.90 Å². The van der Waals surface area contributed by atoms with E-state index in [9.17, 15) is 0 Å². The smallest absolute Gasteiger partial charge is 0.147 e. The van der Waals surface area contributed by atoms with Crippen molar-refractivity contribution in [3.8, 4) is 28.2 Å². The maximum Gasteiger partial charge on any atom is 0.147 e. The van der Waals surface area contributed by atoms with Crippen molar-refractivity contribution in [3.63, 3.8) is 0 Å². The predicted octanol–water partition coefficient (Wildman–Crippen LogP) is 14.4. The van der Waals surface area contributed by atoms with Gasteiger partial charge in [0.1, 0.15) is 5.82 Å². The Hall–Kier alpha value is -7.49. The number of nitrogens with zero attached hydrogens (tertiary/aromatic N) is 3. The third-order valence-electron chi connectivity index (χ3n) is 11.1. The molecule has 1 aromatic heterocycles. The molecule has 3 heteroatoms. The van der Waals surface area contributed by atoms with Gasteiger partial charge in [-0.3, -0.25) is 4.57 Å². The third-order valence-corrected chi connectivity index (χ3v) is 11.1. The third kappa shape index (κ3) is 5.02. The molecular formula is C53H35N3. The van der Waals surface area contributed by atoms with E-state index in [2.05, 4.69) is 222 Å². The van der Waals surface area contributed by atoms with Crippen molar-refractivity contribution >= 4 is 71.2 Å². The second-order valence-corrected chi connectivity index (χ2v) is 14.3. The molecule has 11 rings (SSSR count). The van der Waals surface area contributed by atoms with E-state index in [4.69, 9.17) is 4.98 Å². The van der Waals surface area contributed by atoms with Crippen molar-refractivity contribution < 1.29 is 0 Å². The van der Waals surface area contributed by atoms with Gasteiger partial charge >= 0.3 is 0 Å². The highest BCUT2D eigenvalue weighted by Gasteiger charge is 2.25. The fraction of sp³-hybridized carbons (Fsp3) is 0. The van der Waals surface area contributed by atoms with E-state index in [1.54, 1.807) is 0 Å². The summed E-state index contributed by atoms with van der Waals surface area (Å²) >= 11 is 0. The molecule has 0 radical (unpaired) electrons. The molecule has 0 atom stereocenters. The minimum absolute atomic E-state index is 0.934. The molecule has 0 aliphatic rings. The maximum atomic E-state index is 5.69. The van der Waals surface area contributed by atoms with Crippen molar-refractivity contribution in [2.45, 2.75) is 0 Å². The molecule has 0 saturated carbocycles. The van der Waals surface area contributed by atoms with Gasteiger partial charge in [-0.05, 0) is 92.0 Å². The van der Waals surface area contributed by atoms with Gasteiger partial charge in [0.2, 0.25) is 0 Å². The number of imidazole rings is 1. The first kappa shape index (κ1) is 32.0. The van der Waals surface area contributed by atoms with Gasteiger partial charge in [0.05, 0.1) is 11.0 Å². The lowest BCUT2D eigenvalue weighted by Crippen LogP contribution is -2.09. The minimum Gasteiger partial charge on any atom is -0.311 e. The van der Waals surface area contributed by atoms with Crippen LogP contribution in [0.1, 0.15) is 0 Å². The molecule has 3 nitrogen and oxygen atoms in total. The van der Waals surface area contributed by atoms with Gasteiger partial charge in [-0.2, -0.15) is 0 Å². The van der Waals surface area contributed by atoms with Crippen LogP contribution in [0.4, 0.5) is 17.1 Å². The summed E-state index contributed by atoms with van der Waals surface area (Å²) in [5.41, 5.74) is 10.1. The summed E-state index contributed by atoms with van der Waals surface area (Å²) in [6.07, 6.45) is 0. The molecule has 0 unspecified atom stereocenters. The van der Waals surface area contributed by atoms with Crippen LogP contribution in [0, 0.1) is 0 Å². The zero-order valence-electron chi connectivity index (χ0n) is 30.5. The zero-order chi connectivity index (χ0) is 37.0. The highest BCUT2D eigenvalue weighted by Crippen LogP contribution is 2.47. The monoisotopic (exact) mass is 713 g/mol. The molecule has 11 aromatic rings. The van der Waals surface area contributed by atoms with Crippen LogP contribution in [0.5, 0.6) is 0 Å². The molecule has 0 N–H and O–H groups in total. The number of rotatable bonds is 6. The molecule has 262 valence electrons. The van der Waals surface area contributed by atoms with E-state index >= 15 is 0 Å². The van der Waals surface area contributed by atoms with Crippen molar-refractivity contribution in [1.29, 1.82) is 0 Å².